The zero-order valence-electron chi connectivity index (χ0n) is 7.44. The molecule has 2 unspecified atom stereocenters. The van der Waals surface area contributed by atoms with Gasteiger partial charge >= 0.3 is 6.18 Å². The zero-order chi connectivity index (χ0) is 10.1. The van der Waals surface area contributed by atoms with E-state index >= 15 is 0 Å². The standard InChI is InChI=1S/C8H13F3IN/c1-6-2-3-13(4-7(6)12)5-8(9,10)11/h6-7H,2-5H2,1H3. The van der Waals surface area contributed by atoms with E-state index in [-0.39, 0.29) is 0 Å². The van der Waals surface area contributed by atoms with Gasteiger partial charge in [-0.15, -0.1) is 0 Å². The Morgan fingerprint density at radius 1 is 1.46 bits per heavy atom. The van der Waals surface area contributed by atoms with E-state index in [4.69, 9.17) is 0 Å². The van der Waals surface area contributed by atoms with Crippen molar-refractivity contribution in [3.63, 3.8) is 0 Å². The van der Waals surface area contributed by atoms with Crippen molar-refractivity contribution in [2.75, 3.05) is 19.6 Å². The van der Waals surface area contributed by atoms with E-state index in [2.05, 4.69) is 29.5 Å². The Morgan fingerprint density at radius 3 is 2.54 bits per heavy atom. The molecule has 0 aliphatic carbocycles. The SMILES string of the molecule is CC1CCN(CC(F)(F)F)CC1I. The summed E-state index contributed by atoms with van der Waals surface area (Å²) in [4.78, 5) is 1.50. The van der Waals surface area contributed by atoms with Crippen LogP contribution in [0.4, 0.5) is 13.2 Å². The van der Waals surface area contributed by atoms with Crippen molar-refractivity contribution in [3.05, 3.63) is 0 Å². The van der Waals surface area contributed by atoms with E-state index in [1.54, 1.807) is 0 Å². The Morgan fingerprint density at radius 2 is 2.08 bits per heavy atom. The Labute approximate surface area is 89.8 Å². The van der Waals surface area contributed by atoms with Gasteiger partial charge in [-0.3, -0.25) is 4.90 Å². The summed E-state index contributed by atoms with van der Waals surface area (Å²) in [6.07, 6.45) is -3.17. The normalized spacial score (nSPS) is 32.1. The van der Waals surface area contributed by atoms with Crippen LogP contribution >= 0.6 is 22.6 Å². The smallest absolute Gasteiger partial charge is 0.294 e. The first-order chi connectivity index (χ1) is 5.88. The summed E-state index contributed by atoms with van der Waals surface area (Å²) in [6.45, 7) is 2.50. The minimum atomic E-state index is -4.04. The first kappa shape index (κ1) is 11.6. The van der Waals surface area contributed by atoms with Gasteiger partial charge in [0.05, 0.1) is 6.54 Å². The third-order valence-electron chi connectivity index (χ3n) is 2.35. The zero-order valence-corrected chi connectivity index (χ0v) is 9.60. The minimum absolute atomic E-state index is 0.355. The molecule has 0 radical (unpaired) electrons. The first-order valence-corrected chi connectivity index (χ1v) is 5.56. The van der Waals surface area contributed by atoms with Crippen molar-refractivity contribution in [2.24, 2.45) is 5.92 Å². The van der Waals surface area contributed by atoms with Gasteiger partial charge in [0.2, 0.25) is 0 Å². The van der Waals surface area contributed by atoms with Crippen LogP contribution in [-0.2, 0) is 0 Å². The van der Waals surface area contributed by atoms with E-state index < -0.39 is 12.7 Å². The Bertz CT molecular complexity index is 171. The maximum Gasteiger partial charge on any atom is 0.401 e. The lowest BCUT2D eigenvalue weighted by Crippen LogP contribution is -2.44. The molecule has 1 nitrogen and oxygen atoms in total. The van der Waals surface area contributed by atoms with Crippen molar-refractivity contribution in [2.45, 2.75) is 23.4 Å². The highest BCUT2D eigenvalue weighted by molar-refractivity contribution is 14.1. The molecule has 0 saturated carbocycles. The van der Waals surface area contributed by atoms with Gasteiger partial charge < -0.3 is 0 Å². The van der Waals surface area contributed by atoms with Crippen molar-refractivity contribution < 1.29 is 13.2 Å². The lowest BCUT2D eigenvalue weighted by atomic mass is 9.99. The summed E-state index contributed by atoms with van der Waals surface area (Å²) in [5.41, 5.74) is 0. The highest BCUT2D eigenvalue weighted by Gasteiger charge is 2.34. The van der Waals surface area contributed by atoms with Crippen LogP contribution in [0.3, 0.4) is 0 Å². The predicted octanol–water partition coefficient (Wildman–Crippen LogP) is 2.69. The second kappa shape index (κ2) is 4.33. The molecular formula is C8H13F3IN. The van der Waals surface area contributed by atoms with Gasteiger partial charge in [-0.1, -0.05) is 29.5 Å². The quantitative estimate of drug-likeness (QED) is 0.532. The molecule has 0 spiro atoms. The monoisotopic (exact) mass is 307 g/mol. The van der Waals surface area contributed by atoms with Crippen LogP contribution in [-0.4, -0.2) is 34.6 Å². The second-order valence-electron chi connectivity index (χ2n) is 3.63. The number of hydrogen-bond acceptors (Lipinski definition) is 1. The van der Waals surface area contributed by atoms with Crippen LogP contribution in [0.2, 0.25) is 0 Å². The number of halogens is 4. The van der Waals surface area contributed by atoms with E-state index in [9.17, 15) is 13.2 Å². The van der Waals surface area contributed by atoms with Gasteiger partial charge in [0.1, 0.15) is 0 Å². The highest BCUT2D eigenvalue weighted by Crippen LogP contribution is 2.26. The molecule has 5 heteroatoms. The molecule has 1 saturated heterocycles. The molecule has 1 rings (SSSR count). The summed E-state index contributed by atoms with van der Waals surface area (Å²) in [5, 5.41) is 0. The third-order valence-corrected chi connectivity index (χ3v) is 3.98. The molecule has 0 aromatic carbocycles. The highest BCUT2D eigenvalue weighted by atomic mass is 127. The second-order valence-corrected chi connectivity index (χ2v) is 5.23. The lowest BCUT2D eigenvalue weighted by Gasteiger charge is -2.34. The van der Waals surface area contributed by atoms with E-state index in [1.807, 2.05) is 0 Å². The Balaban J connectivity index is 2.38. The minimum Gasteiger partial charge on any atom is -0.294 e. The molecule has 0 bridgehead atoms. The fourth-order valence-corrected chi connectivity index (χ4v) is 2.40. The van der Waals surface area contributed by atoms with Gasteiger partial charge in [-0.05, 0) is 18.9 Å². The molecular weight excluding hydrogens is 294 g/mol. The van der Waals surface area contributed by atoms with Gasteiger partial charge in [-0.25, -0.2) is 0 Å². The van der Waals surface area contributed by atoms with Gasteiger partial charge in [-0.2, -0.15) is 13.2 Å². The molecule has 13 heavy (non-hydrogen) atoms. The molecule has 1 fully saturated rings. The van der Waals surface area contributed by atoms with Gasteiger partial charge in [0, 0.05) is 10.5 Å². The van der Waals surface area contributed by atoms with Crippen LogP contribution in [0.25, 0.3) is 0 Å². The molecule has 0 N–H and O–H groups in total. The fourth-order valence-electron chi connectivity index (χ4n) is 1.48. The Kier molecular flexibility index (Phi) is 3.85. The Hall–Kier alpha value is 0.480. The maximum absolute atomic E-state index is 12.0. The molecule has 2 atom stereocenters. The van der Waals surface area contributed by atoms with Gasteiger partial charge in [0.15, 0.2) is 0 Å². The molecule has 1 heterocycles. The maximum atomic E-state index is 12.0. The molecule has 78 valence electrons. The average Bonchev–Trinajstić information content (AvgIpc) is 1.94. The summed E-state index contributed by atoms with van der Waals surface area (Å²) in [7, 11) is 0. The molecule has 0 amide bonds. The number of alkyl halides is 4. The van der Waals surface area contributed by atoms with E-state index in [1.165, 1.54) is 4.90 Å². The number of nitrogens with zero attached hydrogens (tertiary/aromatic N) is 1. The number of piperidine rings is 1. The number of rotatable bonds is 1. The lowest BCUT2D eigenvalue weighted by molar-refractivity contribution is -0.148. The number of likely N-dealkylation sites (tertiary alicyclic amines) is 1. The molecule has 0 aromatic heterocycles. The van der Waals surface area contributed by atoms with Crippen LogP contribution in [0, 0.1) is 5.92 Å². The topological polar surface area (TPSA) is 3.24 Å². The van der Waals surface area contributed by atoms with Crippen LogP contribution in [0.5, 0.6) is 0 Å². The van der Waals surface area contributed by atoms with Gasteiger partial charge in [0.25, 0.3) is 0 Å². The third kappa shape index (κ3) is 4.01. The van der Waals surface area contributed by atoms with Crippen LogP contribution in [0.15, 0.2) is 0 Å². The van der Waals surface area contributed by atoms with E-state index in [0.717, 1.165) is 6.42 Å². The molecule has 0 aromatic rings. The molecule has 1 aliphatic rings. The largest absolute Gasteiger partial charge is 0.401 e. The van der Waals surface area contributed by atoms with Crippen molar-refractivity contribution in [3.8, 4) is 0 Å². The fraction of sp³-hybridized carbons (Fsp3) is 1.00. The summed E-state index contributed by atoms with van der Waals surface area (Å²) in [6, 6.07) is 0. The van der Waals surface area contributed by atoms with Crippen molar-refractivity contribution in [1.82, 2.24) is 4.90 Å². The van der Waals surface area contributed by atoms with Crippen LogP contribution < -0.4 is 0 Å². The average molecular weight is 307 g/mol. The van der Waals surface area contributed by atoms with Crippen LogP contribution in [0.1, 0.15) is 13.3 Å². The first-order valence-electron chi connectivity index (χ1n) is 4.31. The number of hydrogen-bond donors (Lipinski definition) is 0. The van der Waals surface area contributed by atoms with Crippen molar-refractivity contribution in [1.29, 1.82) is 0 Å². The predicted molar refractivity (Wildman–Crippen MR) is 54.1 cm³/mol. The summed E-state index contributed by atoms with van der Waals surface area (Å²) in [5.74, 6) is 0.546. The summed E-state index contributed by atoms with van der Waals surface area (Å²) >= 11 is 2.24. The molecule has 1 aliphatic heterocycles. The summed E-state index contributed by atoms with van der Waals surface area (Å²) < 4.78 is 36.4. The van der Waals surface area contributed by atoms with E-state index in [0.29, 0.717) is 22.9 Å². The van der Waals surface area contributed by atoms with Crippen molar-refractivity contribution >= 4 is 22.6 Å².